The molecule has 1 aliphatic heterocycles. The minimum atomic E-state index is 0. The van der Waals surface area contributed by atoms with Crippen molar-refractivity contribution < 1.29 is 0 Å². The zero-order valence-electron chi connectivity index (χ0n) is 17.3. The molecule has 0 amide bonds. The van der Waals surface area contributed by atoms with E-state index in [1.165, 1.54) is 88.9 Å². The first-order valence-electron chi connectivity index (χ1n) is 11.0. The molecule has 1 aromatic carbocycles. The van der Waals surface area contributed by atoms with Crippen LogP contribution >= 0.6 is 12.4 Å². The first-order valence-corrected chi connectivity index (χ1v) is 11.0. The molecule has 1 saturated carbocycles. The molecule has 0 spiro atoms. The third-order valence-corrected chi connectivity index (χ3v) is 7.38. The Labute approximate surface area is 172 Å². The molecular formula is C24H37ClN2. The van der Waals surface area contributed by atoms with Crippen LogP contribution in [0.1, 0.15) is 64.4 Å². The molecule has 1 saturated heterocycles. The zero-order valence-corrected chi connectivity index (χ0v) is 18.1. The first-order chi connectivity index (χ1) is 12.7. The van der Waals surface area contributed by atoms with Gasteiger partial charge in [0.15, 0.2) is 0 Å². The Morgan fingerprint density at radius 1 is 1.00 bits per heavy atom. The molecular weight excluding hydrogens is 352 g/mol. The summed E-state index contributed by atoms with van der Waals surface area (Å²) >= 11 is 0. The molecule has 0 aromatic heterocycles. The van der Waals surface area contributed by atoms with E-state index in [2.05, 4.69) is 54.0 Å². The summed E-state index contributed by atoms with van der Waals surface area (Å²) in [5, 5.41) is 0. The van der Waals surface area contributed by atoms with Gasteiger partial charge in [-0.25, -0.2) is 0 Å². The lowest BCUT2D eigenvalue weighted by Gasteiger charge is -2.38. The van der Waals surface area contributed by atoms with Gasteiger partial charge in [-0.05, 0) is 55.1 Å². The predicted molar refractivity (Wildman–Crippen MR) is 120 cm³/mol. The molecule has 1 heterocycles. The number of halogens is 1. The fraction of sp³-hybridized carbons (Fsp3) is 0.667. The SMILES string of the molecule is CCC1(CC)CC=C(c2ccccc2N2CCN(CC3CC3)CC2)CC1.Cl. The molecule has 4 rings (SSSR count). The normalized spacial score (nSPS) is 22.9. The maximum Gasteiger partial charge on any atom is 0.0443 e. The van der Waals surface area contributed by atoms with E-state index in [0.717, 1.165) is 5.92 Å². The summed E-state index contributed by atoms with van der Waals surface area (Å²) in [7, 11) is 0. The van der Waals surface area contributed by atoms with Crippen LogP contribution < -0.4 is 4.90 Å². The summed E-state index contributed by atoms with van der Waals surface area (Å²) < 4.78 is 0. The average Bonchev–Trinajstić information content (AvgIpc) is 3.53. The van der Waals surface area contributed by atoms with Crippen LogP contribution in [-0.4, -0.2) is 37.6 Å². The minimum Gasteiger partial charge on any atom is -0.368 e. The van der Waals surface area contributed by atoms with Crippen molar-refractivity contribution in [3.05, 3.63) is 35.9 Å². The van der Waals surface area contributed by atoms with Crippen molar-refractivity contribution in [1.29, 1.82) is 0 Å². The minimum absolute atomic E-state index is 0. The predicted octanol–water partition coefficient (Wildman–Crippen LogP) is 6.01. The third-order valence-electron chi connectivity index (χ3n) is 7.38. The van der Waals surface area contributed by atoms with Crippen LogP contribution in [0.15, 0.2) is 30.3 Å². The van der Waals surface area contributed by atoms with Crippen LogP contribution in [0, 0.1) is 11.3 Å². The number of hydrogen-bond acceptors (Lipinski definition) is 2. The second kappa shape index (κ2) is 9.01. The monoisotopic (exact) mass is 388 g/mol. The van der Waals surface area contributed by atoms with Gasteiger partial charge >= 0.3 is 0 Å². The van der Waals surface area contributed by atoms with Gasteiger partial charge in [0.2, 0.25) is 0 Å². The number of allylic oxidation sites excluding steroid dienone is 2. The van der Waals surface area contributed by atoms with Crippen LogP contribution in [0.4, 0.5) is 5.69 Å². The molecule has 1 aromatic rings. The van der Waals surface area contributed by atoms with Crippen LogP contribution in [0.2, 0.25) is 0 Å². The fourth-order valence-corrected chi connectivity index (χ4v) is 4.94. The van der Waals surface area contributed by atoms with Gasteiger partial charge < -0.3 is 4.90 Å². The summed E-state index contributed by atoms with van der Waals surface area (Å²) in [6.07, 6.45) is 12.0. The van der Waals surface area contributed by atoms with Crippen molar-refractivity contribution in [2.24, 2.45) is 11.3 Å². The van der Waals surface area contributed by atoms with E-state index in [1.807, 2.05) is 0 Å². The Kier molecular flexibility index (Phi) is 6.92. The Bertz CT molecular complexity index is 638. The van der Waals surface area contributed by atoms with Crippen molar-refractivity contribution in [2.45, 2.75) is 58.8 Å². The standard InChI is InChI=1S/C24H36N2.ClH/c1-3-24(4-2)13-11-21(12-14-24)22-7-5-6-8-23(22)26-17-15-25(16-18-26)19-20-9-10-20;/h5-8,11,20H,3-4,9-10,12-19H2,1-2H3;1H. The summed E-state index contributed by atoms with van der Waals surface area (Å²) in [5.74, 6) is 1.01. The Morgan fingerprint density at radius 3 is 2.30 bits per heavy atom. The maximum atomic E-state index is 2.69. The summed E-state index contributed by atoms with van der Waals surface area (Å²) in [4.78, 5) is 5.33. The molecule has 3 heteroatoms. The second-order valence-corrected chi connectivity index (χ2v) is 8.89. The van der Waals surface area contributed by atoms with Crippen LogP contribution in [0.3, 0.4) is 0 Å². The summed E-state index contributed by atoms with van der Waals surface area (Å²) in [5.41, 5.74) is 5.14. The maximum absolute atomic E-state index is 2.69. The molecule has 0 bridgehead atoms. The smallest absolute Gasteiger partial charge is 0.0443 e. The molecule has 3 aliphatic rings. The van der Waals surface area contributed by atoms with Gasteiger partial charge in [-0.15, -0.1) is 12.4 Å². The topological polar surface area (TPSA) is 6.48 Å². The Balaban J connectivity index is 0.00000210. The Hall–Kier alpha value is -0.990. The van der Waals surface area contributed by atoms with Crippen molar-refractivity contribution in [1.82, 2.24) is 4.90 Å². The first kappa shape index (κ1) is 20.7. The highest BCUT2D eigenvalue weighted by molar-refractivity contribution is 5.85. The lowest BCUT2D eigenvalue weighted by molar-refractivity contribution is 0.238. The average molecular weight is 389 g/mol. The van der Waals surface area contributed by atoms with Gasteiger partial charge in [0.05, 0.1) is 0 Å². The molecule has 0 atom stereocenters. The van der Waals surface area contributed by atoms with Gasteiger partial charge in [-0.3, -0.25) is 4.90 Å². The number of nitrogens with zero attached hydrogens (tertiary/aromatic N) is 2. The van der Waals surface area contributed by atoms with E-state index in [0.29, 0.717) is 5.41 Å². The van der Waals surface area contributed by atoms with Gasteiger partial charge in [-0.2, -0.15) is 0 Å². The number of benzene rings is 1. The van der Waals surface area contributed by atoms with Crippen molar-refractivity contribution in [3.8, 4) is 0 Å². The largest absolute Gasteiger partial charge is 0.368 e. The lowest BCUT2D eigenvalue weighted by atomic mass is 9.70. The van der Waals surface area contributed by atoms with Gasteiger partial charge in [0.1, 0.15) is 0 Å². The van der Waals surface area contributed by atoms with Crippen LogP contribution in [0.5, 0.6) is 0 Å². The van der Waals surface area contributed by atoms with Crippen molar-refractivity contribution >= 4 is 23.7 Å². The molecule has 0 unspecified atom stereocenters. The van der Waals surface area contributed by atoms with Gasteiger partial charge in [0.25, 0.3) is 0 Å². The number of hydrogen-bond donors (Lipinski definition) is 0. The highest BCUT2D eigenvalue weighted by Gasteiger charge is 2.30. The molecule has 27 heavy (non-hydrogen) atoms. The summed E-state index contributed by atoms with van der Waals surface area (Å²) in [6.45, 7) is 10.9. The number of anilines is 1. The number of para-hydroxylation sites is 1. The van der Waals surface area contributed by atoms with E-state index < -0.39 is 0 Å². The van der Waals surface area contributed by atoms with Crippen LogP contribution in [-0.2, 0) is 0 Å². The molecule has 2 aliphatic carbocycles. The molecule has 2 nitrogen and oxygen atoms in total. The zero-order chi connectivity index (χ0) is 18.0. The number of piperazine rings is 1. The van der Waals surface area contributed by atoms with E-state index in [4.69, 9.17) is 0 Å². The second-order valence-electron chi connectivity index (χ2n) is 8.89. The molecule has 0 N–H and O–H groups in total. The number of rotatable bonds is 6. The molecule has 0 radical (unpaired) electrons. The van der Waals surface area contributed by atoms with E-state index in [1.54, 1.807) is 5.57 Å². The third kappa shape index (κ3) is 4.71. The van der Waals surface area contributed by atoms with E-state index in [-0.39, 0.29) is 12.4 Å². The lowest BCUT2D eigenvalue weighted by Crippen LogP contribution is -2.47. The summed E-state index contributed by atoms with van der Waals surface area (Å²) in [6, 6.07) is 9.17. The highest BCUT2D eigenvalue weighted by Crippen LogP contribution is 2.45. The highest BCUT2D eigenvalue weighted by atomic mass is 35.5. The quantitative estimate of drug-likeness (QED) is 0.588. The molecule has 150 valence electrons. The fourth-order valence-electron chi connectivity index (χ4n) is 4.94. The van der Waals surface area contributed by atoms with Crippen molar-refractivity contribution in [2.75, 3.05) is 37.6 Å². The van der Waals surface area contributed by atoms with Gasteiger partial charge in [0, 0.05) is 44.0 Å². The molecule has 2 fully saturated rings. The van der Waals surface area contributed by atoms with Gasteiger partial charge in [-0.1, -0.05) is 51.0 Å². The van der Waals surface area contributed by atoms with E-state index in [9.17, 15) is 0 Å². The Morgan fingerprint density at radius 2 is 1.70 bits per heavy atom. The van der Waals surface area contributed by atoms with Crippen LogP contribution in [0.25, 0.3) is 5.57 Å². The van der Waals surface area contributed by atoms with E-state index >= 15 is 0 Å². The van der Waals surface area contributed by atoms with Crippen molar-refractivity contribution in [3.63, 3.8) is 0 Å².